The Morgan fingerprint density at radius 3 is 2.36 bits per heavy atom. The van der Waals surface area contributed by atoms with Gasteiger partial charge in [-0.25, -0.2) is 0 Å². The Morgan fingerprint density at radius 2 is 1.68 bits per heavy atom. The van der Waals surface area contributed by atoms with Crippen LogP contribution in [0.3, 0.4) is 0 Å². The van der Waals surface area contributed by atoms with Gasteiger partial charge in [-0.1, -0.05) is 29.8 Å². The smallest absolute Gasteiger partial charge is 0.416 e. The van der Waals surface area contributed by atoms with E-state index in [-0.39, 0.29) is 5.75 Å². The molecule has 0 saturated carbocycles. The Balaban J connectivity index is 1.97. The van der Waals surface area contributed by atoms with Crippen LogP contribution in [0.1, 0.15) is 16.7 Å². The lowest BCUT2D eigenvalue weighted by atomic mass is 9.98. The fraction of sp³-hybridized carbons (Fsp3) is 0.105. The first-order valence-electron chi connectivity index (χ1n) is 7.43. The fourth-order valence-electron chi connectivity index (χ4n) is 2.56. The third-order valence-electron chi connectivity index (χ3n) is 3.80. The van der Waals surface area contributed by atoms with Crippen LogP contribution in [0.4, 0.5) is 13.2 Å². The zero-order valence-electron chi connectivity index (χ0n) is 12.9. The van der Waals surface area contributed by atoms with Gasteiger partial charge < -0.3 is 5.11 Å². The van der Waals surface area contributed by atoms with Crippen LogP contribution < -0.4 is 0 Å². The Hall–Kier alpha value is -2.53. The number of hydrogen-bond donors (Lipinski definition) is 1. The molecule has 0 amide bonds. The van der Waals surface area contributed by atoms with E-state index in [1.54, 1.807) is 24.4 Å². The molecular formula is C19H13ClF3NO. The van der Waals surface area contributed by atoms with E-state index in [0.29, 0.717) is 28.3 Å². The number of alkyl halides is 3. The Bertz CT molecular complexity index is 892. The molecule has 0 radical (unpaired) electrons. The number of pyridine rings is 1. The molecule has 3 aromatic rings. The maximum Gasteiger partial charge on any atom is 0.416 e. The van der Waals surface area contributed by atoms with Gasteiger partial charge in [0.15, 0.2) is 0 Å². The van der Waals surface area contributed by atoms with E-state index < -0.39 is 11.7 Å². The molecule has 0 fully saturated rings. The highest BCUT2D eigenvalue weighted by molar-refractivity contribution is 6.30. The second-order valence-corrected chi connectivity index (χ2v) is 5.97. The van der Waals surface area contributed by atoms with E-state index in [9.17, 15) is 18.3 Å². The molecule has 2 aromatic carbocycles. The van der Waals surface area contributed by atoms with Gasteiger partial charge in [-0.05, 0) is 47.5 Å². The molecule has 1 N–H and O–H groups in total. The predicted molar refractivity (Wildman–Crippen MR) is 90.6 cm³/mol. The van der Waals surface area contributed by atoms with Gasteiger partial charge in [-0.2, -0.15) is 13.2 Å². The summed E-state index contributed by atoms with van der Waals surface area (Å²) >= 11 is 5.97. The van der Waals surface area contributed by atoms with E-state index in [4.69, 9.17) is 11.6 Å². The van der Waals surface area contributed by atoms with Gasteiger partial charge in [0.2, 0.25) is 0 Å². The van der Waals surface area contributed by atoms with Crippen molar-refractivity contribution in [3.05, 3.63) is 82.5 Å². The number of benzene rings is 2. The molecule has 0 unspecified atom stereocenters. The molecule has 25 heavy (non-hydrogen) atoms. The second-order valence-electron chi connectivity index (χ2n) is 5.54. The van der Waals surface area contributed by atoms with Gasteiger partial charge in [-0.15, -0.1) is 0 Å². The van der Waals surface area contributed by atoms with Crippen molar-refractivity contribution in [2.75, 3.05) is 0 Å². The van der Waals surface area contributed by atoms with Gasteiger partial charge in [0.05, 0.1) is 11.3 Å². The van der Waals surface area contributed by atoms with Crippen LogP contribution in [0.15, 0.2) is 60.8 Å². The molecular weight excluding hydrogens is 351 g/mol. The molecule has 0 spiro atoms. The van der Waals surface area contributed by atoms with Crippen molar-refractivity contribution in [3.8, 4) is 17.0 Å². The normalized spacial score (nSPS) is 11.5. The fourth-order valence-corrected chi connectivity index (χ4v) is 2.75. The molecule has 0 aliphatic rings. The summed E-state index contributed by atoms with van der Waals surface area (Å²) in [7, 11) is 0. The quantitative estimate of drug-likeness (QED) is 0.645. The minimum Gasteiger partial charge on any atom is -0.508 e. The van der Waals surface area contributed by atoms with Gasteiger partial charge in [0.25, 0.3) is 0 Å². The minimum atomic E-state index is -4.38. The number of aromatic hydroxyl groups is 1. The number of halogens is 4. The Labute approximate surface area is 147 Å². The molecule has 3 rings (SSSR count). The first kappa shape index (κ1) is 17.3. The van der Waals surface area contributed by atoms with Gasteiger partial charge in [-0.3, -0.25) is 4.98 Å². The maximum atomic E-state index is 12.7. The zero-order chi connectivity index (χ0) is 18.0. The average molecular weight is 364 g/mol. The number of phenols is 1. The Morgan fingerprint density at radius 1 is 0.960 bits per heavy atom. The Kier molecular flexibility index (Phi) is 4.68. The molecule has 6 heteroatoms. The lowest BCUT2D eigenvalue weighted by Gasteiger charge is -2.12. The summed E-state index contributed by atoms with van der Waals surface area (Å²) in [5.41, 5.74) is 1.83. The van der Waals surface area contributed by atoms with Crippen LogP contribution in [0.2, 0.25) is 5.02 Å². The lowest BCUT2D eigenvalue weighted by molar-refractivity contribution is -0.137. The minimum absolute atomic E-state index is 0.103. The monoisotopic (exact) mass is 363 g/mol. The van der Waals surface area contributed by atoms with E-state index in [0.717, 1.165) is 17.7 Å². The van der Waals surface area contributed by atoms with Crippen molar-refractivity contribution in [2.45, 2.75) is 12.6 Å². The molecule has 0 aliphatic carbocycles. The van der Waals surface area contributed by atoms with Crippen LogP contribution in [0, 0.1) is 0 Å². The van der Waals surface area contributed by atoms with Crippen molar-refractivity contribution in [1.82, 2.24) is 4.98 Å². The third kappa shape index (κ3) is 3.94. The van der Waals surface area contributed by atoms with Crippen molar-refractivity contribution in [1.29, 1.82) is 0 Å². The van der Waals surface area contributed by atoms with Crippen LogP contribution in [0.25, 0.3) is 11.3 Å². The first-order valence-corrected chi connectivity index (χ1v) is 7.81. The highest BCUT2D eigenvalue weighted by atomic mass is 35.5. The van der Waals surface area contributed by atoms with Gasteiger partial charge in [0, 0.05) is 23.2 Å². The SMILES string of the molecule is Oc1ccc(Cl)cc1Cc1cccnc1-c1ccc(C(F)(F)F)cc1. The highest BCUT2D eigenvalue weighted by Gasteiger charge is 2.30. The molecule has 128 valence electrons. The summed E-state index contributed by atoms with van der Waals surface area (Å²) in [6.07, 6.45) is -2.44. The summed E-state index contributed by atoms with van der Waals surface area (Å²) in [5, 5.41) is 10.5. The summed E-state index contributed by atoms with van der Waals surface area (Å²) < 4.78 is 38.1. The van der Waals surface area contributed by atoms with E-state index in [1.165, 1.54) is 18.2 Å². The first-order chi connectivity index (χ1) is 11.8. The summed E-state index contributed by atoms with van der Waals surface area (Å²) in [4.78, 5) is 4.29. The number of rotatable bonds is 3. The third-order valence-corrected chi connectivity index (χ3v) is 4.03. The summed E-state index contributed by atoms with van der Waals surface area (Å²) in [6, 6.07) is 13.2. The van der Waals surface area contributed by atoms with Crippen molar-refractivity contribution < 1.29 is 18.3 Å². The molecule has 1 heterocycles. The van der Waals surface area contributed by atoms with Crippen molar-refractivity contribution in [2.24, 2.45) is 0 Å². The maximum absolute atomic E-state index is 12.7. The second kappa shape index (κ2) is 6.76. The topological polar surface area (TPSA) is 33.1 Å². The van der Waals surface area contributed by atoms with Crippen LogP contribution in [0.5, 0.6) is 5.75 Å². The van der Waals surface area contributed by atoms with Crippen LogP contribution in [-0.2, 0) is 12.6 Å². The zero-order valence-corrected chi connectivity index (χ0v) is 13.6. The standard InChI is InChI=1S/C19H13ClF3NO/c20-16-7-8-17(25)14(11-16)10-13-2-1-9-24-18(13)12-3-5-15(6-4-12)19(21,22)23/h1-9,11,25H,10H2. The number of aromatic nitrogens is 1. The van der Waals surface area contributed by atoms with E-state index >= 15 is 0 Å². The summed E-state index contributed by atoms with van der Waals surface area (Å²) in [5.74, 6) is 0.103. The lowest BCUT2D eigenvalue weighted by Crippen LogP contribution is -2.04. The highest BCUT2D eigenvalue weighted by Crippen LogP contribution is 2.32. The largest absolute Gasteiger partial charge is 0.508 e. The van der Waals surface area contributed by atoms with Gasteiger partial charge >= 0.3 is 6.18 Å². The average Bonchev–Trinajstić information content (AvgIpc) is 2.58. The number of phenolic OH excluding ortho intramolecular Hbond substituents is 1. The molecule has 2 nitrogen and oxygen atoms in total. The molecule has 0 saturated heterocycles. The van der Waals surface area contributed by atoms with Crippen LogP contribution in [-0.4, -0.2) is 10.1 Å². The van der Waals surface area contributed by atoms with Gasteiger partial charge in [0.1, 0.15) is 5.75 Å². The van der Waals surface area contributed by atoms with E-state index in [1.807, 2.05) is 6.07 Å². The van der Waals surface area contributed by atoms with Crippen LogP contribution >= 0.6 is 11.6 Å². The number of hydrogen-bond acceptors (Lipinski definition) is 2. The van der Waals surface area contributed by atoms with Crippen molar-refractivity contribution >= 4 is 11.6 Å². The number of nitrogens with zero attached hydrogens (tertiary/aromatic N) is 1. The van der Waals surface area contributed by atoms with Crippen molar-refractivity contribution in [3.63, 3.8) is 0 Å². The van der Waals surface area contributed by atoms with E-state index in [2.05, 4.69) is 4.98 Å². The summed E-state index contributed by atoms with van der Waals surface area (Å²) in [6.45, 7) is 0. The molecule has 1 aromatic heterocycles. The molecule has 0 aliphatic heterocycles. The molecule has 0 atom stereocenters. The molecule has 0 bridgehead atoms. The predicted octanol–water partition coefficient (Wildman–Crippen LogP) is 5.72.